The van der Waals surface area contributed by atoms with Gasteiger partial charge in [0.1, 0.15) is 0 Å². The molecule has 0 saturated carbocycles. The molecule has 2 rings (SSSR count). The highest BCUT2D eigenvalue weighted by Crippen LogP contribution is 2.14. The van der Waals surface area contributed by atoms with Crippen molar-refractivity contribution in [2.24, 2.45) is 0 Å². The fraction of sp³-hybridized carbons (Fsp3) is 0.444. The van der Waals surface area contributed by atoms with Crippen LogP contribution >= 0.6 is 0 Å². The van der Waals surface area contributed by atoms with Gasteiger partial charge in [-0.2, -0.15) is 4.68 Å². The summed E-state index contributed by atoms with van der Waals surface area (Å²) in [6, 6.07) is 8.27. The monoisotopic (exact) mass is 285 g/mol. The summed E-state index contributed by atoms with van der Waals surface area (Å²) < 4.78 is 4.22. The van der Waals surface area contributed by atoms with Crippen molar-refractivity contribution < 1.29 is 9.48 Å². The molecule has 3 nitrogen and oxygen atoms in total. The van der Waals surface area contributed by atoms with Gasteiger partial charge in [0.15, 0.2) is 6.20 Å². The van der Waals surface area contributed by atoms with Crippen LogP contribution in [0.25, 0.3) is 0 Å². The Labute approximate surface area is 127 Å². The van der Waals surface area contributed by atoms with E-state index in [2.05, 4.69) is 50.6 Å². The van der Waals surface area contributed by atoms with E-state index in [0.29, 0.717) is 13.0 Å². The Hall–Kier alpha value is -1.90. The zero-order valence-electron chi connectivity index (χ0n) is 13.5. The molecule has 0 amide bonds. The van der Waals surface area contributed by atoms with E-state index in [1.54, 1.807) is 0 Å². The van der Waals surface area contributed by atoms with Gasteiger partial charge in [0.2, 0.25) is 12.3 Å². The molecule has 0 N–H and O–H groups in total. The van der Waals surface area contributed by atoms with Crippen LogP contribution in [0.2, 0.25) is 0 Å². The molecule has 0 radical (unpaired) electrons. The van der Waals surface area contributed by atoms with Gasteiger partial charge >= 0.3 is 0 Å². The van der Waals surface area contributed by atoms with Gasteiger partial charge in [-0.05, 0) is 43.9 Å². The maximum Gasteiger partial charge on any atom is 0.230 e. The van der Waals surface area contributed by atoms with E-state index >= 15 is 0 Å². The quantitative estimate of drug-likeness (QED) is 0.749. The highest BCUT2D eigenvalue weighted by molar-refractivity contribution is 5.80. The van der Waals surface area contributed by atoms with E-state index < -0.39 is 0 Å². The van der Waals surface area contributed by atoms with Crippen molar-refractivity contribution in [3.8, 4) is 0 Å². The number of nitrogens with zero attached hydrogens (tertiary/aromatic N) is 2. The van der Waals surface area contributed by atoms with Gasteiger partial charge in [0.05, 0.1) is 12.2 Å². The lowest BCUT2D eigenvalue weighted by atomic mass is 9.98. The first kappa shape index (κ1) is 15.5. The van der Waals surface area contributed by atoms with E-state index in [1.807, 2.05) is 16.9 Å². The Kier molecular flexibility index (Phi) is 4.94. The van der Waals surface area contributed by atoms with Crippen LogP contribution in [-0.4, -0.2) is 10.5 Å². The van der Waals surface area contributed by atoms with Crippen molar-refractivity contribution in [1.29, 1.82) is 0 Å². The molecule has 0 unspecified atom stereocenters. The molecule has 0 bridgehead atoms. The maximum absolute atomic E-state index is 12.4. The molecule has 1 heterocycles. The SMILES string of the molecule is CCCn1c(C)cc[n+]1CC(=O)Cc1c(C)cccc1C. The third-order valence-corrected chi connectivity index (χ3v) is 4.00. The minimum absolute atomic E-state index is 0.257. The Balaban J connectivity index is 2.12. The lowest BCUT2D eigenvalue weighted by molar-refractivity contribution is -0.764. The van der Waals surface area contributed by atoms with Gasteiger partial charge in [-0.3, -0.25) is 4.79 Å². The molecular weight excluding hydrogens is 260 g/mol. The normalized spacial score (nSPS) is 10.9. The molecule has 0 aliphatic heterocycles. The topological polar surface area (TPSA) is 25.9 Å². The number of carbonyl (C=O) groups excluding carboxylic acids is 1. The standard InChI is InChI=1S/C18H25N2O/c1-5-10-20-16(4)9-11-19(20)13-17(21)12-18-14(2)7-6-8-15(18)3/h6-9,11H,5,10,12-13H2,1-4H3/q+1. The van der Waals surface area contributed by atoms with E-state index in [0.717, 1.165) is 13.0 Å². The van der Waals surface area contributed by atoms with E-state index in [-0.39, 0.29) is 5.78 Å². The minimum Gasteiger partial charge on any atom is -0.292 e. The van der Waals surface area contributed by atoms with E-state index in [1.165, 1.54) is 22.4 Å². The smallest absolute Gasteiger partial charge is 0.230 e. The number of Topliss-reactive ketones (excluding diaryl/α,β-unsaturated/α-hetero) is 1. The zero-order valence-corrected chi connectivity index (χ0v) is 13.5. The predicted octanol–water partition coefficient (Wildman–Crippen LogP) is 2.92. The van der Waals surface area contributed by atoms with E-state index in [4.69, 9.17) is 0 Å². The number of carbonyl (C=O) groups is 1. The largest absolute Gasteiger partial charge is 0.292 e. The van der Waals surface area contributed by atoms with Gasteiger partial charge in [-0.25, -0.2) is 0 Å². The summed E-state index contributed by atoms with van der Waals surface area (Å²) in [6.07, 6.45) is 3.59. The second-order valence-electron chi connectivity index (χ2n) is 5.76. The molecule has 112 valence electrons. The third-order valence-electron chi connectivity index (χ3n) is 4.00. The second kappa shape index (κ2) is 6.70. The molecule has 0 spiro atoms. The first-order valence-electron chi connectivity index (χ1n) is 7.65. The van der Waals surface area contributed by atoms with Crippen LogP contribution in [0.3, 0.4) is 0 Å². The van der Waals surface area contributed by atoms with Gasteiger partial charge in [-0.15, -0.1) is 4.68 Å². The van der Waals surface area contributed by atoms with Crippen molar-refractivity contribution in [1.82, 2.24) is 4.68 Å². The summed E-state index contributed by atoms with van der Waals surface area (Å²) in [6.45, 7) is 9.79. The van der Waals surface area contributed by atoms with Gasteiger partial charge in [0.25, 0.3) is 0 Å². The van der Waals surface area contributed by atoms with Gasteiger partial charge in [-0.1, -0.05) is 25.1 Å². The summed E-state index contributed by atoms with van der Waals surface area (Å²) in [4.78, 5) is 12.4. The van der Waals surface area contributed by atoms with E-state index in [9.17, 15) is 4.79 Å². The third kappa shape index (κ3) is 3.60. The van der Waals surface area contributed by atoms with Crippen LogP contribution in [0, 0.1) is 20.8 Å². The number of rotatable bonds is 6. The lowest BCUT2D eigenvalue weighted by Gasteiger charge is -2.08. The minimum atomic E-state index is 0.257. The predicted molar refractivity (Wildman–Crippen MR) is 84.3 cm³/mol. The molecule has 0 aliphatic carbocycles. The number of ketones is 1. The number of aryl methyl sites for hydroxylation is 3. The summed E-state index contributed by atoms with van der Waals surface area (Å²) in [5, 5.41) is 0. The van der Waals surface area contributed by atoms with Crippen LogP contribution in [0.15, 0.2) is 30.5 Å². The van der Waals surface area contributed by atoms with Crippen molar-refractivity contribution in [3.63, 3.8) is 0 Å². The molecule has 0 atom stereocenters. The molecular formula is C18H25N2O+. The second-order valence-corrected chi connectivity index (χ2v) is 5.76. The fourth-order valence-corrected chi connectivity index (χ4v) is 2.78. The Morgan fingerprint density at radius 1 is 1.14 bits per heavy atom. The average Bonchev–Trinajstić information content (AvgIpc) is 2.76. The molecule has 1 aromatic heterocycles. The highest BCUT2D eigenvalue weighted by atomic mass is 16.1. The highest BCUT2D eigenvalue weighted by Gasteiger charge is 2.17. The van der Waals surface area contributed by atoms with Crippen LogP contribution in [0.5, 0.6) is 0 Å². The van der Waals surface area contributed by atoms with Crippen LogP contribution in [-0.2, 0) is 24.3 Å². The number of hydrogen-bond acceptors (Lipinski definition) is 1. The zero-order chi connectivity index (χ0) is 15.4. The molecule has 0 saturated heterocycles. The van der Waals surface area contributed by atoms with Crippen molar-refractivity contribution >= 4 is 5.78 Å². The first-order chi connectivity index (χ1) is 10.0. The lowest BCUT2D eigenvalue weighted by Crippen LogP contribution is -2.46. The van der Waals surface area contributed by atoms with Gasteiger partial charge in [0, 0.05) is 12.5 Å². The molecule has 1 aromatic carbocycles. The Bertz CT molecular complexity index is 620. The molecule has 2 aromatic rings. The average molecular weight is 285 g/mol. The van der Waals surface area contributed by atoms with Crippen molar-refractivity contribution in [3.05, 3.63) is 52.8 Å². The van der Waals surface area contributed by atoms with Crippen LogP contribution in [0.1, 0.15) is 35.7 Å². The van der Waals surface area contributed by atoms with Gasteiger partial charge < -0.3 is 0 Å². The summed E-state index contributed by atoms with van der Waals surface area (Å²) >= 11 is 0. The molecule has 0 fully saturated rings. The molecule has 0 aliphatic rings. The van der Waals surface area contributed by atoms with Crippen LogP contribution in [0.4, 0.5) is 0 Å². The van der Waals surface area contributed by atoms with Crippen LogP contribution < -0.4 is 4.68 Å². The number of benzene rings is 1. The summed E-state index contributed by atoms with van der Waals surface area (Å²) in [5.74, 6) is 0.257. The molecule has 3 heteroatoms. The molecule has 21 heavy (non-hydrogen) atoms. The summed E-state index contributed by atoms with van der Waals surface area (Å²) in [7, 11) is 0. The van der Waals surface area contributed by atoms with Crippen molar-refractivity contribution in [2.45, 2.75) is 53.6 Å². The Morgan fingerprint density at radius 2 is 1.81 bits per heavy atom. The fourth-order valence-electron chi connectivity index (χ4n) is 2.78. The maximum atomic E-state index is 12.4. The Morgan fingerprint density at radius 3 is 2.43 bits per heavy atom. The number of aromatic nitrogens is 2. The van der Waals surface area contributed by atoms with Crippen molar-refractivity contribution in [2.75, 3.05) is 0 Å². The number of hydrogen-bond donors (Lipinski definition) is 0. The first-order valence-corrected chi connectivity index (χ1v) is 7.65. The summed E-state index contributed by atoms with van der Waals surface area (Å²) in [5.41, 5.74) is 4.78.